The standard InChI is InChI=1S/C21H20ClI2N5O3/c1-21(22,23)32-16-4-2-14(3-5-16)26-20(31)13-10-17(18-7-9-29(24)27-18)19(25-11-13)28-8-6-15(30)12-28/h2-5,7,9-11,15,30H,6,8,12H2,1H3,(H,26,31)/t15-,21?/m1/s1. The molecule has 32 heavy (non-hydrogen) atoms. The number of nitrogens with one attached hydrogen (secondary N) is 1. The molecular formula is C21H20ClI2N5O3. The van der Waals surface area contributed by atoms with E-state index >= 15 is 0 Å². The smallest absolute Gasteiger partial charge is 0.257 e. The number of β-amino-alcohol motifs (C(OH)–C–C–N with tert-alkyl or cyclic N) is 1. The van der Waals surface area contributed by atoms with Crippen LogP contribution in [0.1, 0.15) is 23.7 Å². The van der Waals surface area contributed by atoms with Crippen LogP contribution in [-0.4, -0.2) is 46.3 Å². The van der Waals surface area contributed by atoms with E-state index in [9.17, 15) is 9.90 Å². The minimum absolute atomic E-state index is 0.287. The zero-order valence-corrected chi connectivity index (χ0v) is 22.1. The molecule has 2 aromatic heterocycles. The molecule has 11 heteroatoms. The quantitative estimate of drug-likeness (QED) is 0.290. The predicted octanol–water partition coefficient (Wildman–Crippen LogP) is 4.69. The third-order valence-corrected chi connectivity index (χ3v) is 5.67. The van der Waals surface area contributed by atoms with E-state index in [1.165, 1.54) is 0 Å². The Bertz CT molecular complexity index is 1120. The summed E-state index contributed by atoms with van der Waals surface area (Å²) in [6, 6.07) is 10.6. The number of pyridine rings is 1. The highest BCUT2D eigenvalue weighted by Crippen LogP contribution is 2.32. The molecule has 8 nitrogen and oxygen atoms in total. The van der Waals surface area contributed by atoms with Crippen molar-refractivity contribution in [3.05, 3.63) is 54.4 Å². The number of carbonyl (C=O) groups excluding carboxylic acids is 1. The Balaban J connectivity index is 1.57. The number of rotatable bonds is 6. The van der Waals surface area contributed by atoms with E-state index in [4.69, 9.17) is 16.3 Å². The molecule has 4 rings (SSSR count). The topological polar surface area (TPSA) is 92.5 Å². The molecule has 2 N–H and O–H groups in total. The average molecular weight is 680 g/mol. The Hall–Kier alpha value is -1.64. The maximum atomic E-state index is 12.9. The zero-order valence-electron chi connectivity index (χ0n) is 17.0. The van der Waals surface area contributed by atoms with Crippen molar-refractivity contribution >= 4 is 74.5 Å². The van der Waals surface area contributed by atoms with Crippen LogP contribution in [0.3, 0.4) is 0 Å². The van der Waals surface area contributed by atoms with Crippen LogP contribution in [0.2, 0.25) is 0 Å². The van der Waals surface area contributed by atoms with Crippen LogP contribution in [0.5, 0.6) is 5.75 Å². The monoisotopic (exact) mass is 679 g/mol. The van der Waals surface area contributed by atoms with Gasteiger partial charge in [-0.3, -0.25) is 4.79 Å². The third-order valence-electron chi connectivity index (χ3n) is 4.84. The van der Waals surface area contributed by atoms with Gasteiger partial charge in [0.25, 0.3) is 5.91 Å². The van der Waals surface area contributed by atoms with Crippen molar-refractivity contribution in [2.45, 2.75) is 22.5 Å². The number of ether oxygens (including phenoxy) is 1. The fraction of sp³-hybridized carbons (Fsp3) is 0.286. The summed E-state index contributed by atoms with van der Waals surface area (Å²) in [6.45, 7) is 2.94. The van der Waals surface area contributed by atoms with Gasteiger partial charge in [0.1, 0.15) is 11.6 Å². The molecule has 1 aromatic carbocycles. The highest BCUT2D eigenvalue weighted by atomic mass is 127. The van der Waals surface area contributed by atoms with Gasteiger partial charge in [-0.1, -0.05) is 11.6 Å². The van der Waals surface area contributed by atoms with E-state index in [-0.39, 0.29) is 12.0 Å². The van der Waals surface area contributed by atoms with E-state index < -0.39 is 3.07 Å². The van der Waals surface area contributed by atoms with Crippen LogP contribution < -0.4 is 15.0 Å². The minimum Gasteiger partial charge on any atom is -0.463 e. The van der Waals surface area contributed by atoms with Crippen LogP contribution in [0, 0.1) is 0 Å². The number of aromatic nitrogens is 3. The molecular weight excluding hydrogens is 660 g/mol. The summed E-state index contributed by atoms with van der Waals surface area (Å²) < 4.78 is 6.41. The molecule has 0 bridgehead atoms. The van der Waals surface area contributed by atoms with Crippen LogP contribution >= 0.6 is 57.1 Å². The van der Waals surface area contributed by atoms with Gasteiger partial charge in [0.2, 0.25) is 3.07 Å². The second-order valence-corrected chi connectivity index (χ2v) is 11.9. The summed E-state index contributed by atoms with van der Waals surface area (Å²) in [6.07, 6.45) is 3.68. The summed E-state index contributed by atoms with van der Waals surface area (Å²) >= 11 is 10.1. The average Bonchev–Trinajstić information content (AvgIpc) is 3.36. The van der Waals surface area contributed by atoms with Crippen molar-refractivity contribution < 1.29 is 14.6 Å². The molecule has 1 unspecified atom stereocenters. The number of alkyl halides is 2. The first-order valence-corrected chi connectivity index (χ1v) is 12.2. The van der Waals surface area contributed by atoms with E-state index in [1.807, 2.05) is 39.8 Å². The van der Waals surface area contributed by atoms with Crippen molar-refractivity contribution in [3.63, 3.8) is 0 Å². The Kier molecular flexibility index (Phi) is 7.12. The second-order valence-electron chi connectivity index (χ2n) is 7.46. The summed E-state index contributed by atoms with van der Waals surface area (Å²) in [5, 5.41) is 17.3. The number of amides is 1. The Morgan fingerprint density at radius 2 is 2.09 bits per heavy atom. The number of hydrogen-bond donors (Lipinski definition) is 2. The largest absolute Gasteiger partial charge is 0.463 e. The summed E-state index contributed by atoms with van der Waals surface area (Å²) in [5.41, 5.74) is 2.49. The van der Waals surface area contributed by atoms with E-state index in [2.05, 4.69) is 38.3 Å². The van der Waals surface area contributed by atoms with Gasteiger partial charge in [-0.2, -0.15) is 5.10 Å². The predicted molar refractivity (Wildman–Crippen MR) is 141 cm³/mol. The molecule has 1 amide bonds. The molecule has 0 saturated carbocycles. The van der Waals surface area contributed by atoms with E-state index in [0.29, 0.717) is 48.0 Å². The van der Waals surface area contributed by atoms with Gasteiger partial charge in [-0.15, -0.1) is 0 Å². The van der Waals surface area contributed by atoms with Crippen molar-refractivity contribution in [2.75, 3.05) is 23.3 Å². The van der Waals surface area contributed by atoms with Crippen LogP contribution in [-0.2, 0) is 0 Å². The molecule has 0 spiro atoms. The first-order chi connectivity index (χ1) is 15.2. The summed E-state index contributed by atoms with van der Waals surface area (Å²) in [7, 11) is 0. The molecule has 3 aromatic rings. The third kappa shape index (κ3) is 5.83. The van der Waals surface area contributed by atoms with Crippen LogP contribution in [0.4, 0.5) is 11.5 Å². The molecule has 2 atom stereocenters. The van der Waals surface area contributed by atoms with Gasteiger partial charge in [-0.05, 0) is 72.3 Å². The SMILES string of the molecule is CC(Cl)(I)Oc1ccc(NC(=O)c2cnc(N3CC[C@@H](O)C3)c(-c3ccn(I)n3)c2)cc1. The normalized spacial score (nSPS) is 17.8. The van der Waals surface area contributed by atoms with Gasteiger partial charge in [0, 0.05) is 36.7 Å². The molecule has 0 radical (unpaired) electrons. The molecule has 1 aliphatic heterocycles. The summed E-state index contributed by atoms with van der Waals surface area (Å²) in [5.74, 6) is 1.02. The van der Waals surface area contributed by atoms with E-state index in [1.54, 1.807) is 46.3 Å². The Morgan fingerprint density at radius 1 is 1.34 bits per heavy atom. The fourth-order valence-electron chi connectivity index (χ4n) is 3.42. The highest BCUT2D eigenvalue weighted by molar-refractivity contribution is 14.1. The van der Waals surface area contributed by atoms with Gasteiger partial charge >= 0.3 is 0 Å². The number of carbonyl (C=O) groups is 1. The van der Waals surface area contributed by atoms with E-state index in [0.717, 1.165) is 5.56 Å². The lowest BCUT2D eigenvalue weighted by Gasteiger charge is -2.20. The maximum Gasteiger partial charge on any atom is 0.257 e. The van der Waals surface area contributed by atoms with Crippen molar-refractivity contribution in [1.82, 2.24) is 13.0 Å². The maximum absolute atomic E-state index is 12.9. The number of hydrogen-bond acceptors (Lipinski definition) is 6. The van der Waals surface area contributed by atoms with Crippen molar-refractivity contribution in [1.29, 1.82) is 0 Å². The van der Waals surface area contributed by atoms with Gasteiger partial charge in [-0.25, -0.2) is 7.88 Å². The number of anilines is 2. The number of halogens is 3. The number of benzene rings is 1. The lowest BCUT2D eigenvalue weighted by molar-refractivity contribution is 0.102. The minimum atomic E-state index is -0.845. The van der Waals surface area contributed by atoms with Gasteiger partial charge in [0.15, 0.2) is 0 Å². The van der Waals surface area contributed by atoms with Crippen molar-refractivity contribution in [3.8, 4) is 17.0 Å². The molecule has 0 aliphatic carbocycles. The molecule has 168 valence electrons. The molecule has 3 heterocycles. The van der Waals surface area contributed by atoms with Crippen LogP contribution in [0.25, 0.3) is 11.3 Å². The Morgan fingerprint density at radius 3 is 2.69 bits per heavy atom. The number of nitrogens with zero attached hydrogens (tertiary/aromatic N) is 4. The molecule has 1 aliphatic rings. The molecule has 1 fully saturated rings. The van der Waals surface area contributed by atoms with Gasteiger partial charge < -0.3 is 20.1 Å². The first kappa shape index (κ1) is 23.5. The first-order valence-electron chi connectivity index (χ1n) is 9.81. The number of aliphatic hydroxyl groups is 1. The summed E-state index contributed by atoms with van der Waals surface area (Å²) in [4.78, 5) is 19.5. The Labute approximate surface area is 217 Å². The highest BCUT2D eigenvalue weighted by Gasteiger charge is 2.25. The van der Waals surface area contributed by atoms with Gasteiger partial charge in [0.05, 0.1) is 40.2 Å². The zero-order chi connectivity index (χ0) is 22.9. The fourth-order valence-corrected chi connectivity index (χ4v) is 4.15. The lowest BCUT2D eigenvalue weighted by Crippen LogP contribution is -2.23. The lowest BCUT2D eigenvalue weighted by atomic mass is 10.1. The second kappa shape index (κ2) is 9.69. The molecule has 1 saturated heterocycles. The van der Waals surface area contributed by atoms with Crippen LogP contribution in [0.15, 0.2) is 48.8 Å². The number of aliphatic hydroxyl groups excluding tert-OH is 1. The van der Waals surface area contributed by atoms with Crippen molar-refractivity contribution in [2.24, 2.45) is 0 Å².